The van der Waals surface area contributed by atoms with E-state index in [1.807, 2.05) is 125 Å². The van der Waals surface area contributed by atoms with Crippen LogP contribution in [0.3, 0.4) is 0 Å². The van der Waals surface area contributed by atoms with E-state index in [4.69, 9.17) is 63.8 Å². The van der Waals surface area contributed by atoms with E-state index in [1.165, 1.54) is 6.92 Å². The first-order chi connectivity index (χ1) is 44.9. The standard InChI is InChI=1S/C12H23NO5.C11H22O4.C10H19FO4.C10H20O5.2C9H18O4.C5H10O3.C2H6/c1-6(15)13-8-10(17)9(16)7(5-14)18-11(8)12(2,3)4;1-6-8(13)9(14)7(5-12)15-10(6)11(2,3)4;1-10(2,3)9-6(11)8(14)7(13)5(4-12)15-9;1-10(2,3)9-8(14)7(13)6(12)5(4-11)15-9;2*1-9(2,3)8-7(12)6(11)5(10)4-13-8;1-3-5(7)4(6)2-8-3;1-2/h7-11,14,16-17H,5H2,1-4H3,(H,13,15);6-10,12-14H,5H2,1-4H3;5-9,12-14H,4H2,1-3H3;5-9,11-14H,4H2,1-3H3;2*5-8,10-12H,4H2,1-3H3;3-7H,2H2,1H3;1-2H3/t7?,8?,9-,10-,11-;6?,7?,8-,9-,10+;5?,6?,7-,8-,9-;5?,6-,7+,8?,9-;2*5-,6+,7?,8-;3-,4+,5+;/m1111110./s1. The fourth-order valence-electron chi connectivity index (χ4n) is 12.0. The van der Waals surface area contributed by atoms with E-state index in [0.29, 0.717) is 0 Å². The molecule has 30 nitrogen and oxygen atoms in total. The molecule has 99 heavy (non-hydrogen) atoms. The van der Waals surface area contributed by atoms with Crippen molar-refractivity contribution in [1.29, 1.82) is 0 Å². The van der Waals surface area contributed by atoms with E-state index in [9.17, 15) is 85.8 Å². The van der Waals surface area contributed by atoms with Gasteiger partial charge in [0.1, 0.15) is 122 Å². The number of hydrogen-bond acceptors (Lipinski definition) is 29. The molecule has 0 saturated carbocycles. The van der Waals surface area contributed by atoms with Crippen LogP contribution in [0.25, 0.3) is 0 Å². The lowest BCUT2D eigenvalue weighted by atomic mass is 9.76. The van der Waals surface area contributed by atoms with Gasteiger partial charge in [-0.2, -0.15) is 0 Å². The summed E-state index contributed by atoms with van der Waals surface area (Å²) < 4.78 is 51.0. The number of alkyl halides is 1. The fourth-order valence-corrected chi connectivity index (χ4v) is 12.0. The van der Waals surface area contributed by atoms with Crippen molar-refractivity contribution in [2.75, 3.05) is 46.2 Å². The van der Waals surface area contributed by atoms with Crippen molar-refractivity contribution >= 4 is 5.91 Å². The zero-order valence-corrected chi connectivity index (χ0v) is 62.9. The molecule has 0 aromatic heterocycles. The molecule has 0 radical (unpaired) electrons. The van der Waals surface area contributed by atoms with Crippen molar-refractivity contribution in [3.63, 3.8) is 0 Å². The van der Waals surface area contributed by atoms with Crippen LogP contribution in [0.2, 0.25) is 0 Å². The van der Waals surface area contributed by atoms with Crippen molar-refractivity contribution in [3.8, 4) is 0 Å². The molecule has 7 fully saturated rings. The number of hydrogen-bond donors (Lipinski definition) is 22. The van der Waals surface area contributed by atoms with Crippen LogP contribution in [0.4, 0.5) is 4.39 Å². The van der Waals surface area contributed by atoms with Crippen molar-refractivity contribution in [2.24, 2.45) is 38.4 Å². The van der Waals surface area contributed by atoms with Crippen LogP contribution in [-0.2, 0) is 38.0 Å². The summed E-state index contributed by atoms with van der Waals surface area (Å²) in [4.78, 5) is 11.2. The molecule has 0 aromatic rings. The molecular weight excluding hydrogens is 1310 g/mol. The number of nitrogens with one attached hydrogen (secondary N) is 1. The highest BCUT2D eigenvalue weighted by Gasteiger charge is 2.52. The molecule has 594 valence electrons. The van der Waals surface area contributed by atoms with Gasteiger partial charge in [0.2, 0.25) is 5.91 Å². The van der Waals surface area contributed by atoms with Crippen LogP contribution < -0.4 is 5.32 Å². The molecule has 22 N–H and O–H groups in total. The Labute approximate surface area is 586 Å². The normalized spacial score (nSPS) is 41.3. The third-order valence-corrected chi connectivity index (χ3v) is 17.8. The smallest absolute Gasteiger partial charge is 0.217 e. The summed E-state index contributed by atoms with van der Waals surface area (Å²) in [5, 5.41) is 200. The van der Waals surface area contributed by atoms with E-state index in [0.717, 1.165) is 0 Å². The number of carbonyl (C=O) groups is 1. The molecule has 1 amide bonds. The molecule has 0 spiro atoms. The van der Waals surface area contributed by atoms with E-state index >= 15 is 0 Å². The highest BCUT2D eigenvalue weighted by atomic mass is 19.1. The Morgan fingerprint density at radius 3 is 0.909 bits per heavy atom. The maximum absolute atomic E-state index is 13.7. The van der Waals surface area contributed by atoms with Gasteiger partial charge in [-0.05, 0) is 39.4 Å². The summed E-state index contributed by atoms with van der Waals surface area (Å²) in [6.45, 7) is 42.2. The largest absolute Gasteiger partial charge is 0.394 e. The predicted octanol–water partition coefficient (Wildman–Crippen LogP) is -2.92. The maximum atomic E-state index is 13.7. The van der Waals surface area contributed by atoms with Crippen LogP contribution in [0.1, 0.15) is 159 Å². The average molecular weight is 1450 g/mol. The van der Waals surface area contributed by atoms with Crippen molar-refractivity contribution in [1.82, 2.24) is 5.32 Å². The lowest BCUT2D eigenvalue weighted by molar-refractivity contribution is -0.250. The topological polar surface area (TPSA) is 519 Å². The summed E-state index contributed by atoms with van der Waals surface area (Å²) in [7, 11) is 0. The molecule has 31 atom stereocenters. The molecule has 0 aromatic carbocycles. The Hall–Kier alpha value is -1.72. The maximum Gasteiger partial charge on any atom is 0.217 e. The zero-order chi connectivity index (χ0) is 78.1. The highest BCUT2D eigenvalue weighted by molar-refractivity contribution is 5.73. The molecule has 10 unspecified atom stereocenters. The van der Waals surface area contributed by atoms with Gasteiger partial charge in [-0.15, -0.1) is 0 Å². The second kappa shape index (κ2) is 41.4. The van der Waals surface area contributed by atoms with E-state index in [2.05, 4.69) is 5.32 Å². The molecule has 7 saturated heterocycles. The van der Waals surface area contributed by atoms with Crippen LogP contribution in [0.5, 0.6) is 0 Å². The van der Waals surface area contributed by atoms with Gasteiger partial charge >= 0.3 is 0 Å². The number of aliphatic hydroxyl groups excluding tert-OH is 21. The third kappa shape index (κ3) is 28.5. The van der Waals surface area contributed by atoms with Gasteiger partial charge in [-0.25, -0.2) is 4.39 Å². The summed E-state index contributed by atoms with van der Waals surface area (Å²) >= 11 is 0. The summed E-state index contributed by atoms with van der Waals surface area (Å²) in [6, 6.07) is -0.694. The first-order valence-corrected chi connectivity index (χ1v) is 34.3. The van der Waals surface area contributed by atoms with Gasteiger partial charge in [-0.1, -0.05) is 145 Å². The van der Waals surface area contributed by atoms with Crippen molar-refractivity contribution in [2.45, 2.75) is 342 Å². The highest BCUT2D eigenvalue weighted by Crippen LogP contribution is 2.39. The van der Waals surface area contributed by atoms with Gasteiger partial charge in [0, 0.05) is 12.8 Å². The Kier molecular flexibility index (Phi) is 40.7. The zero-order valence-electron chi connectivity index (χ0n) is 62.9. The summed E-state index contributed by atoms with van der Waals surface area (Å²) in [5.41, 5.74) is -1.79. The Balaban J connectivity index is 0.00000114. The SMILES string of the molecule is CC.CC(=O)NC1[C@@H](O)[C@H](O)C(CO)O[C@H]1C(C)(C)C.CC(C)(C)[C@@H]1OC(CO)[C@@H](O)[C@H](O)C1F.CC(C)(C)[C@@H]1OC(CO)[C@@H](O)[C@H](O)C1O.CC(C)(C)[C@@H]1OC[C@@H](O)[C@H](O)C1O.CC(C)(C)[C@@H]1OC[C@@H](O)[C@H](O)C1O.CC1[C@@H](O)[C@H](O)C(CO)O[C@@H]1C(C)(C)C.C[C@@H]1OC[C@@H](O)[C@@H]1O. The molecular formula is C68H136FNO29. The molecule has 7 aliphatic rings. The van der Waals surface area contributed by atoms with Crippen LogP contribution >= 0.6 is 0 Å². The quantitative estimate of drug-likeness (QED) is 0.131. The van der Waals surface area contributed by atoms with Crippen LogP contribution in [0.15, 0.2) is 0 Å². The van der Waals surface area contributed by atoms with Crippen LogP contribution in [0, 0.1) is 38.4 Å². The first kappa shape index (κ1) is 97.3. The number of amides is 1. The number of rotatable bonds is 5. The Morgan fingerprint density at radius 1 is 0.343 bits per heavy atom. The van der Waals surface area contributed by atoms with Gasteiger partial charge in [-0.3, -0.25) is 4.79 Å². The number of ether oxygens (including phenoxy) is 7. The molecule has 7 heterocycles. The predicted molar refractivity (Wildman–Crippen MR) is 360 cm³/mol. The second-order valence-corrected chi connectivity index (χ2v) is 33.0. The van der Waals surface area contributed by atoms with Crippen molar-refractivity contribution in [3.05, 3.63) is 0 Å². The summed E-state index contributed by atoms with van der Waals surface area (Å²) in [5.74, 6) is -0.436. The minimum Gasteiger partial charge on any atom is -0.394 e. The molecule has 7 aliphatic heterocycles. The molecule has 0 bridgehead atoms. The van der Waals surface area contributed by atoms with Gasteiger partial charge in [0.05, 0.1) is 101 Å². The monoisotopic (exact) mass is 1450 g/mol. The van der Waals surface area contributed by atoms with Gasteiger partial charge in [0.25, 0.3) is 0 Å². The van der Waals surface area contributed by atoms with Gasteiger partial charge < -0.3 is 146 Å². The lowest BCUT2D eigenvalue weighted by Crippen LogP contribution is -2.66. The average Bonchev–Trinajstić information content (AvgIpc) is 1.11. The summed E-state index contributed by atoms with van der Waals surface area (Å²) in [6.07, 6.45) is -26.3. The molecule has 7 rings (SSSR count). The second-order valence-electron chi connectivity index (χ2n) is 33.0. The van der Waals surface area contributed by atoms with E-state index in [1.54, 1.807) is 27.7 Å². The third-order valence-electron chi connectivity index (χ3n) is 17.8. The van der Waals surface area contributed by atoms with Crippen LogP contribution in [-0.4, -0.2) is 343 Å². The van der Waals surface area contributed by atoms with E-state index in [-0.39, 0.29) is 90.7 Å². The lowest BCUT2D eigenvalue weighted by Gasteiger charge is -2.47. The first-order valence-electron chi connectivity index (χ1n) is 34.3. The van der Waals surface area contributed by atoms with E-state index < -0.39 is 183 Å². The number of aliphatic hydroxyl groups is 21. The molecule has 31 heteroatoms. The Morgan fingerprint density at radius 2 is 0.616 bits per heavy atom. The fraction of sp³-hybridized carbons (Fsp3) is 0.985. The van der Waals surface area contributed by atoms with Crippen molar-refractivity contribution < 1.29 is 150 Å². The minimum atomic E-state index is -1.64. The molecule has 0 aliphatic carbocycles. The van der Waals surface area contributed by atoms with Gasteiger partial charge in [0.15, 0.2) is 6.17 Å². The number of carbonyl (C=O) groups excluding carboxylic acids is 1. The number of halogens is 1. The minimum absolute atomic E-state index is 0.0835. The Bertz CT molecular complexity index is 2040.